The summed E-state index contributed by atoms with van der Waals surface area (Å²) in [7, 11) is 0. The fourth-order valence-corrected chi connectivity index (χ4v) is 4.15. The van der Waals surface area contributed by atoms with E-state index in [4.69, 9.17) is 10.7 Å². The van der Waals surface area contributed by atoms with Crippen molar-refractivity contribution >= 4 is 34.0 Å². The third kappa shape index (κ3) is 3.99. The number of hydrogen-bond donors (Lipinski definition) is 2. The third-order valence-electron chi connectivity index (χ3n) is 5.84. The number of nitrogens with zero attached hydrogens (tertiary/aromatic N) is 6. The number of nitrogen functional groups attached to an aromatic ring is 1. The van der Waals surface area contributed by atoms with E-state index in [0.29, 0.717) is 29.2 Å². The van der Waals surface area contributed by atoms with Gasteiger partial charge in [0, 0.05) is 35.9 Å². The van der Waals surface area contributed by atoms with Gasteiger partial charge in [0.25, 0.3) is 0 Å². The summed E-state index contributed by atoms with van der Waals surface area (Å²) in [5, 5.41) is 4.85. The van der Waals surface area contributed by atoms with Crippen LogP contribution in [-0.4, -0.2) is 35.6 Å². The minimum Gasteiger partial charge on any atom is -0.368 e. The Morgan fingerprint density at radius 2 is 1.84 bits per heavy atom. The second-order valence-corrected chi connectivity index (χ2v) is 9.39. The summed E-state index contributed by atoms with van der Waals surface area (Å²) in [6.07, 6.45) is 5.25. The molecule has 0 radical (unpaired) electrons. The van der Waals surface area contributed by atoms with Crippen LogP contribution in [0.15, 0.2) is 18.5 Å². The van der Waals surface area contributed by atoms with Gasteiger partial charge >= 0.3 is 0 Å². The van der Waals surface area contributed by atoms with Gasteiger partial charge in [-0.1, -0.05) is 0 Å². The zero-order valence-corrected chi connectivity index (χ0v) is 19.6. The van der Waals surface area contributed by atoms with Gasteiger partial charge in [-0.25, -0.2) is 14.4 Å². The number of nitrogens with one attached hydrogen (secondary N) is 1. The van der Waals surface area contributed by atoms with Crippen molar-refractivity contribution in [3.8, 4) is 0 Å². The van der Waals surface area contributed by atoms with Gasteiger partial charge in [0.1, 0.15) is 11.3 Å². The van der Waals surface area contributed by atoms with E-state index < -0.39 is 0 Å². The zero-order chi connectivity index (χ0) is 23.2. The summed E-state index contributed by atoms with van der Waals surface area (Å²) >= 11 is 0. The van der Waals surface area contributed by atoms with Crippen LogP contribution < -0.4 is 11.1 Å². The van der Waals surface area contributed by atoms with Gasteiger partial charge in [0.15, 0.2) is 5.82 Å². The highest BCUT2D eigenvalue weighted by Crippen LogP contribution is 2.27. The highest BCUT2D eigenvalue weighted by Gasteiger charge is 2.19. The molecule has 1 atom stereocenters. The first-order valence-corrected chi connectivity index (χ1v) is 11.0. The SMILES string of the molecule is Cc1nc(NCCCC(C)n2cc(F)c3c(C)nc(N)nc32)nc2c1ccn2C(C)(C)C. The number of hydrogen-bond acceptors (Lipinski definition) is 6. The topological polar surface area (TPSA) is 99.5 Å². The lowest BCUT2D eigenvalue weighted by Crippen LogP contribution is -2.21. The van der Waals surface area contributed by atoms with Gasteiger partial charge in [0.05, 0.1) is 16.8 Å². The molecule has 0 bridgehead atoms. The van der Waals surface area contributed by atoms with Crippen LogP contribution >= 0.6 is 0 Å². The maximum Gasteiger partial charge on any atom is 0.224 e. The fraction of sp³-hybridized carbons (Fsp3) is 0.478. The third-order valence-corrected chi connectivity index (χ3v) is 5.84. The molecule has 0 saturated carbocycles. The number of fused-ring (bicyclic) bond motifs is 2. The van der Waals surface area contributed by atoms with Crippen molar-refractivity contribution in [1.29, 1.82) is 0 Å². The first-order valence-electron chi connectivity index (χ1n) is 11.0. The first-order chi connectivity index (χ1) is 15.1. The van der Waals surface area contributed by atoms with Gasteiger partial charge in [-0.15, -0.1) is 0 Å². The largest absolute Gasteiger partial charge is 0.368 e. The normalized spacial score (nSPS) is 13.2. The minimum atomic E-state index is -0.318. The van der Waals surface area contributed by atoms with E-state index in [1.54, 1.807) is 6.92 Å². The Labute approximate surface area is 187 Å². The summed E-state index contributed by atoms with van der Waals surface area (Å²) in [5.74, 6) is 0.466. The number of nitrogens with two attached hydrogens (primary N) is 1. The van der Waals surface area contributed by atoms with Crippen molar-refractivity contribution in [3.63, 3.8) is 0 Å². The number of halogens is 1. The van der Waals surface area contributed by atoms with Crippen molar-refractivity contribution in [2.75, 3.05) is 17.6 Å². The Morgan fingerprint density at radius 3 is 2.56 bits per heavy atom. The number of aromatic nitrogens is 6. The number of anilines is 2. The monoisotopic (exact) mass is 438 g/mol. The summed E-state index contributed by atoms with van der Waals surface area (Å²) in [6, 6.07) is 2.13. The molecule has 0 spiro atoms. The van der Waals surface area contributed by atoms with Crippen LogP contribution in [0.25, 0.3) is 22.1 Å². The molecule has 8 nitrogen and oxygen atoms in total. The molecule has 32 heavy (non-hydrogen) atoms. The highest BCUT2D eigenvalue weighted by molar-refractivity contribution is 5.81. The van der Waals surface area contributed by atoms with E-state index in [1.165, 1.54) is 6.20 Å². The van der Waals surface area contributed by atoms with Gasteiger partial charge in [-0.2, -0.15) is 9.97 Å². The van der Waals surface area contributed by atoms with E-state index in [-0.39, 0.29) is 23.3 Å². The summed E-state index contributed by atoms with van der Waals surface area (Å²) in [6.45, 7) is 13.0. The van der Waals surface area contributed by atoms with Crippen LogP contribution in [0.3, 0.4) is 0 Å². The maximum absolute atomic E-state index is 14.5. The molecule has 0 saturated heterocycles. The Hall–Kier alpha value is -3.23. The molecular weight excluding hydrogens is 407 g/mol. The van der Waals surface area contributed by atoms with Crippen molar-refractivity contribution in [1.82, 2.24) is 29.1 Å². The van der Waals surface area contributed by atoms with Crippen molar-refractivity contribution in [3.05, 3.63) is 35.7 Å². The van der Waals surface area contributed by atoms with Crippen LogP contribution in [0.2, 0.25) is 0 Å². The quantitative estimate of drug-likeness (QED) is 0.423. The molecule has 1 unspecified atom stereocenters. The van der Waals surface area contributed by atoms with Gasteiger partial charge in [-0.05, 0) is 60.5 Å². The van der Waals surface area contributed by atoms with Crippen molar-refractivity contribution < 1.29 is 4.39 Å². The van der Waals surface area contributed by atoms with E-state index in [9.17, 15) is 4.39 Å². The van der Waals surface area contributed by atoms with E-state index in [0.717, 1.165) is 29.6 Å². The molecule has 4 aromatic rings. The lowest BCUT2D eigenvalue weighted by atomic mass is 10.1. The zero-order valence-electron chi connectivity index (χ0n) is 19.6. The molecule has 0 aromatic carbocycles. The molecule has 0 amide bonds. The van der Waals surface area contributed by atoms with Crippen LogP contribution in [0.1, 0.15) is 58.0 Å². The maximum atomic E-state index is 14.5. The predicted molar refractivity (Wildman–Crippen MR) is 126 cm³/mol. The van der Waals surface area contributed by atoms with E-state index in [1.807, 2.05) is 11.5 Å². The summed E-state index contributed by atoms with van der Waals surface area (Å²) in [4.78, 5) is 17.7. The Kier molecular flexibility index (Phi) is 5.52. The second-order valence-electron chi connectivity index (χ2n) is 9.39. The van der Waals surface area contributed by atoms with Crippen LogP contribution in [0, 0.1) is 19.7 Å². The summed E-state index contributed by atoms with van der Waals surface area (Å²) in [5.41, 5.74) is 8.71. The van der Waals surface area contributed by atoms with E-state index >= 15 is 0 Å². The summed E-state index contributed by atoms with van der Waals surface area (Å²) < 4.78 is 18.5. The van der Waals surface area contributed by atoms with Crippen molar-refractivity contribution in [2.45, 2.75) is 66.0 Å². The smallest absolute Gasteiger partial charge is 0.224 e. The standard InChI is InChI=1S/C23H31FN8/c1-13(31-12-17(24)18-15(3)27-21(25)29-20(18)31)8-7-10-26-22-28-14(2)16-9-11-32(19(16)30-22)23(4,5)6/h9,11-13H,7-8,10H2,1-6H3,(H2,25,27,29)(H,26,28,30). The predicted octanol–water partition coefficient (Wildman–Crippen LogP) is 4.72. The molecule has 4 heterocycles. The lowest BCUT2D eigenvalue weighted by Gasteiger charge is -2.22. The minimum absolute atomic E-state index is 0.0563. The highest BCUT2D eigenvalue weighted by atomic mass is 19.1. The van der Waals surface area contributed by atoms with Gasteiger partial charge in [0.2, 0.25) is 11.9 Å². The Morgan fingerprint density at radius 1 is 1.09 bits per heavy atom. The molecule has 0 aliphatic heterocycles. The molecule has 4 rings (SSSR count). The molecule has 9 heteroatoms. The number of rotatable bonds is 6. The molecule has 4 aromatic heterocycles. The molecule has 170 valence electrons. The van der Waals surface area contributed by atoms with Crippen molar-refractivity contribution in [2.24, 2.45) is 0 Å². The Balaban J connectivity index is 1.45. The van der Waals surface area contributed by atoms with Gasteiger partial charge < -0.3 is 20.2 Å². The molecular formula is C23H31FN8. The lowest BCUT2D eigenvalue weighted by molar-refractivity contribution is 0.408. The molecule has 3 N–H and O–H groups in total. The number of aryl methyl sites for hydroxylation is 2. The second kappa shape index (κ2) is 8.03. The van der Waals surface area contributed by atoms with Crippen LogP contribution in [0.4, 0.5) is 16.3 Å². The average Bonchev–Trinajstić information content (AvgIpc) is 3.26. The van der Waals surface area contributed by atoms with Crippen LogP contribution in [-0.2, 0) is 5.54 Å². The van der Waals surface area contributed by atoms with E-state index in [2.05, 4.69) is 64.8 Å². The molecule has 0 aliphatic carbocycles. The molecule has 0 fully saturated rings. The average molecular weight is 439 g/mol. The first kappa shape index (κ1) is 22.0. The van der Waals surface area contributed by atoms with Gasteiger partial charge in [-0.3, -0.25) is 0 Å². The Bertz CT molecular complexity index is 1280. The molecule has 0 aliphatic rings. The van der Waals surface area contributed by atoms with Crippen LogP contribution in [0.5, 0.6) is 0 Å². The fourth-order valence-electron chi connectivity index (χ4n) is 4.15.